The van der Waals surface area contributed by atoms with Gasteiger partial charge >= 0.3 is 6.09 Å². The van der Waals surface area contributed by atoms with Gasteiger partial charge in [-0.25, -0.2) is 4.79 Å². The Morgan fingerprint density at radius 3 is 2.76 bits per heavy atom. The number of fused-ring (bicyclic) bond motifs is 1. The van der Waals surface area contributed by atoms with E-state index in [4.69, 9.17) is 10.8 Å². The van der Waals surface area contributed by atoms with Crippen molar-refractivity contribution in [2.24, 2.45) is 7.05 Å². The van der Waals surface area contributed by atoms with Crippen LogP contribution in [0.15, 0.2) is 24.4 Å². The number of hydrogen-bond acceptors (Lipinski definition) is 2. The number of anilines is 1. The van der Waals surface area contributed by atoms with Gasteiger partial charge in [-0.1, -0.05) is 6.08 Å². The Kier molecular flexibility index (Phi) is 3.12. The molecule has 2 heterocycles. The monoisotopic (exact) mass is 285 g/mol. The van der Waals surface area contributed by atoms with Crippen molar-refractivity contribution in [2.75, 3.05) is 18.8 Å². The summed E-state index contributed by atoms with van der Waals surface area (Å²) in [6.07, 6.45) is 4.00. The topological polar surface area (TPSA) is 71.5 Å². The molecule has 3 rings (SSSR count). The number of rotatable bonds is 1. The first kappa shape index (κ1) is 13.5. The second kappa shape index (κ2) is 4.84. The van der Waals surface area contributed by atoms with Gasteiger partial charge in [0.05, 0.1) is 0 Å². The zero-order chi connectivity index (χ0) is 15.1. The Morgan fingerprint density at radius 2 is 2.14 bits per heavy atom. The third-order valence-corrected chi connectivity index (χ3v) is 4.28. The molecule has 0 saturated heterocycles. The molecular weight excluding hydrogens is 266 g/mol. The second-order valence-corrected chi connectivity index (χ2v) is 5.54. The lowest BCUT2D eigenvalue weighted by Gasteiger charge is -2.23. The van der Waals surface area contributed by atoms with Gasteiger partial charge in [0.1, 0.15) is 0 Å². The van der Waals surface area contributed by atoms with Crippen LogP contribution in [0.25, 0.3) is 16.5 Å². The summed E-state index contributed by atoms with van der Waals surface area (Å²) in [5.41, 5.74) is 11.4. The average Bonchev–Trinajstić information content (AvgIpc) is 2.81. The Morgan fingerprint density at radius 1 is 1.38 bits per heavy atom. The van der Waals surface area contributed by atoms with Crippen LogP contribution in [-0.4, -0.2) is 33.8 Å². The number of carboxylic acid groups (broad SMARTS) is 1. The summed E-state index contributed by atoms with van der Waals surface area (Å²) in [6, 6.07) is 3.97. The smallest absolute Gasteiger partial charge is 0.407 e. The molecule has 0 saturated carbocycles. The zero-order valence-corrected chi connectivity index (χ0v) is 12.3. The SMILES string of the molecule is Cc1c(N)ccc2c1c(C1=CCN(C(=O)O)CC1)cn2C. The fourth-order valence-corrected chi connectivity index (χ4v) is 3.01. The van der Waals surface area contributed by atoms with Crippen LogP contribution in [0.2, 0.25) is 0 Å². The lowest BCUT2D eigenvalue weighted by molar-refractivity contribution is 0.150. The molecule has 0 unspecified atom stereocenters. The summed E-state index contributed by atoms with van der Waals surface area (Å²) >= 11 is 0. The van der Waals surface area contributed by atoms with Crippen molar-refractivity contribution in [3.05, 3.63) is 35.5 Å². The molecule has 1 aliphatic heterocycles. The minimum absolute atomic E-state index is 0.447. The molecule has 0 radical (unpaired) electrons. The molecule has 1 aromatic carbocycles. The van der Waals surface area contributed by atoms with Crippen molar-refractivity contribution in [2.45, 2.75) is 13.3 Å². The Balaban J connectivity index is 2.10. The van der Waals surface area contributed by atoms with E-state index < -0.39 is 6.09 Å². The Hall–Kier alpha value is -2.43. The molecule has 110 valence electrons. The molecule has 3 N–H and O–H groups in total. The van der Waals surface area contributed by atoms with Crippen molar-refractivity contribution in [3.63, 3.8) is 0 Å². The normalized spacial score (nSPS) is 15.3. The van der Waals surface area contributed by atoms with Crippen LogP contribution in [0.4, 0.5) is 10.5 Å². The predicted molar refractivity (Wildman–Crippen MR) is 84.3 cm³/mol. The van der Waals surface area contributed by atoms with Gasteiger partial charge in [0.25, 0.3) is 0 Å². The van der Waals surface area contributed by atoms with E-state index in [1.807, 2.05) is 32.2 Å². The molecule has 2 aromatic rings. The third kappa shape index (κ3) is 2.14. The highest BCUT2D eigenvalue weighted by Crippen LogP contribution is 2.34. The van der Waals surface area contributed by atoms with Crippen LogP contribution in [0.1, 0.15) is 17.5 Å². The number of amides is 1. The van der Waals surface area contributed by atoms with E-state index in [9.17, 15) is 4.79 Å². The minimum Gasteiger partial charge on any atom is -0.465 e. The number of nitrogens with two attached hydrogens (primary N) is 1. The summed E-state index contributed by atoms with van der Waals surface area (Å²) < 4.78 is 2.10. The van der Waals surface area contributed by atoms with Crippen molar-refractivity contribution >= 4 is 28.3 Å². The molecule has 21 heavy (non-hydrogen) atoms. The molecule has 1 amide bonds. The highest BCUT2D eigenvalue weighted by Gasteiger charge is 2.20. The molecule has 0 fully saturated rings. The first-order valence-corrected chi connectivity index (χ1v) is 7.00. The molecule has 1 aromatic heterocycles. The number of hydrogen-bond donors (Lipinski definition) is 2. The van der Waals surface area contributed by atoms with Crippen molar-refractivity contribution in [1.82, 2.24) is 9.47 Å². The summed E-state index contributed by atoms with van der Waals surface area (Å²) in [7, 11) is 2.02. The molecular formula is C16H19N3O2. The van der Waals surface area contributed by atoms with Crippen LogP contribution in [0.3, 0.4) is 0 Å². The second-order valence-electron chi connectivity index (χ2n) is 5.54. The summed E-state index contributed by atoms with van der Waals surface area (Å²) in [5, 5.41) is 10.2. The Labute approximate surface area is 123 Å². The van der Waals surface area contributed by atoms with Gasteiger partial charge in [0, 0.05) is 48.5 Å². The lowest BCUT2D eigenvalue weighted by atomic mass is 9.96. The third-order valence-electron chi connectivity index (χ3n) is 4.28. The number of nitrogen functional groups attached to an aromatic ring is 1. The Bertz CT molecular complexity index is 758. The van der Waals surface area contributed by atoms with Crippen molar-refractivity contribution in [3.8, 4) is 0 Å². The van der Waals surface area contributed by atoms with Crippen LogP contribution < -0.4 is 5.73 Å². The van der Waals surface area contributed by atoms with E-state index in [0.29, 0.717) is 13.1 Å². The number of aryl methyl sites for hydroxylation is 2. The fourth-order valence-electron chi connectivity index (χ4n) is 3.01. The predicted octanol–water partition coefficient (Wildman–Crippen LogP) is 2.84. The van der Waals surface area contributed by atoms with Crippen molar-refractivity contribution < 1.29 is 9.90 Å². The molecule has 1 aliphatic rings. The molecule has 0 bridgehead atoms. The van der Waals surface area contributed by atoms with Gasteiger partial charge in [0.2, 0.25) is 0 Å². The average molecular weight is 285 g/mol. The maximum absolute atomic E-state index is 11.0. The largest absolute Gasteiger partial charge is 0.465 e. The summed E-state index contributed by atoms with van der Waals surface area (Å²) in [5.74, 6) is 0. The van der Waals surface area contributed by atoms with Gasteiger partial charge in [-0.05, 0) is 36.6 Å². The van der Waals surface area contributed by atoms with Crippen LogP contribution >= 0.6 is 0 Å². The minimum atomic E-state index is -0.858. The molecule has 0 spiro atoms. The van der Waals surface area contributed by atoms with E-state index >= 15 is 0 Å². The fraction of sp³-hybridized carbons (Fsp3) is 0.312. The lowest BCUT2D eigenvalue weighted by Crippen LogP contribution is -2.33. The standard InChI is InChI=1S/C16H19N3O2/c1-10-13(17)3-4-14-15(10)12(9-18(14)2)11-5-7-19(8-6-11)16(20)21/h3-5,9H,6-8,17H2,1-2H3,(H,20,21). The molecule has 5 nitrogen and oxygen atoms in total. The van der Waals surface area contributed by atoms with E-state index in [2.05, 4.69) is 10.8 Å². The quantitative estimate of drug-likeness (QED) is 0.791. The zero-order valence-electron chi connectivity index (χ0n) is 12.3. The van der Waals surface area contributed by atoms with Gasteiger partial charge < -0.3 is 20.3 Å². The summed E-state index contributed by atoms with van der Waals surface area (Å²) in [6.45, 7) is 3.02. The van der Waals surface area contributed by atoms with E-state index in [1.165, 1.54) is 21.4 Å². The van der Waals surface area contributed by atoms with Gasteiger partial charge in [-0.15, -0.1) is 0 Å². The van der Waals surface area contributed by atoms with Gasteiger partial charge in [-0.2, -0.15) is 0 Å². The molecule has 5 heteroatoms. The van der Waals surface area contributed by atoms with Crippen molar-refractivity contribution in [1.29, 1.82) is 0 Å². The molecule has 0 atom stereocenters. The molecule has 0 aliphatic carbocycles. The first-order chi connectivity index (χ1) is 9.99. The van der Waals surface area contributed by atoms with Gasteiger partial charge in [0.15, 0.2) is 0 Å². The first-order valence-electron chi connectivity index (χ1n) is 7.00. The summed E-state index contributed by atoms with van der Waals surface area (Å²) in [4.78, 5) is 12.4. The highest BCUT2D eigenvalue weighted by molar-refractivity contribution is 5.98. The van der Waals surface area contributed by atoms with E-state index in [-0.39, 0.29) is 0 Å². The highest BCUT2D eigenvalue weighted by atomic mass is 16.4. The van der Waals surface area contributed by atoms with E-state index in [0.717, 1.165) is 23.2 Å². The van der Waals surface area contributed by atoms with Crippen LogP contribution in [0.5, 0.6) is 0 Å². The van der Waals surface area contributed by atoms with Gasteiger partial charge in [-0.3, -0.25) is 0 Å². The van der Waals surface area contributed by atoms with E-state index in [1.54, 1.807) is 0 Å². The van der Waals surface area contributed by atoms with Crippen LogP contribution in [0, 0.1) is 6.92 Å². The maximum Gasteiger partial charge on any atom is 0.407 e. The van der Waals surface area contributed by atoms with Crippen LogP contribution in [-0.2, 0) is 7.05 Å². The maximum atomic E-state index is 11.0. The number of carbonyl (C=O) groups is 1. The number of benzene rings is 1. The number of aromatic nitrogens is 1. The number of nitrogens with zero attached hydrogens (tertiary/aromatic N) is 2.